The molecule has 2 aliphatic heterocycles. The minimum atomic E-state index is 0.0955. The number of likely N-dealkylation sites (tertiary alicyclic amines) is 1. The van der Waals surface area contributed by atoms with Gasteiger partial charge in [-0.2, -0.15) is 5.10 Å². The molecule has 1 amide bonds. The molecule has 2 saturated heterocycles. The predicted octanol–water partition coefficient (Wildman–Crippen LogP) is 1.88. The van der Waals surface area contributed by atoms with Crippen molar-refractivity contribution in [2.45, 2.75) is 31.3 Å². The van der Waals surface area contributed by atoms with E-state index in [0.717, 1.165) is 32.4 Å². The summed E-state index contributed by atoms with van der Waals surface area (Å²) >= 11 is 0. The van der Waals surface area contributed by atoms with Crippen LogP contribution in [0.15, 0.2) is 42.6 Å². The molecule has 0 bridgehead atoms. The smallest absolute Gasteiger partial charge is 0.272 e. The summed E-state index contributed by atoms with van der Waals surface area (Å²) in [7, 11) is 1.82. The van der Waals surface area contributed by atoms with Gasteiger partial charge in [0.25, 0.3) is 5.91 Å². The highest BCUT2D eigenvalue weighted by Crippen LogP contribution is 2.30. The fourth-order valence-corrected chi connectivity index (χ4v) is 4.05. The third-order valence-corrected chi connectivity index (χ3v) is 5.57. The van der Waals surface area contributed by atoms with Crippen molar-refractivity contribution in [3.8, 4) is 0 Å². The maximum Gasteiger partial charge on any atom is 0.272 e. The number of carbonyl (C=O) groups is 1. The van der Waals surface area contributed by atoms with Gasteiger partial charge in [0, 0.05) is 38.4 Å². The number of hydrogen-bond acceptors (Lipinski definition) is 4. The molecule has 6 heteroatoms. The van der Waals surface area contributed by atoms with Gasteiger partial charge in [-0.05, 0) is 36.8 Å². The number of nitrogens with one attached hydrogen (secondary N) is 2. The van der Waals surface area contributed by atoms with Crippen LogP contribution in [0.25, 0.3) is 0 Å². The van der Waals surface area contributed by atoms with E-state index in [-0.39, 0.29) is 5.91 Å². The van der Waals surface area contributed by atoms with Gasteiger partial charge in [0.05, 0.1) is 0 Å². The van der Waals surface area contributed by atoms with E-state index in [0.29, 0.717) is 23.7 Å². The molecule has 2 fully saturated rings. The Balaban J connectivity index is 1.32. The first-order valence-corrected chi connectivity index (χ1v) is 9.05. The minimum Gasteiger partial charge on any atom is -0.337 e. The third kappa shape index (κ3) is 3.32. The number of carbonyl (C=O) groups excluding carboxylic acids is 1. The molecule has 2 atom stereocenters. The van der Waals surface area contributed by atoms with Gasteiger partial charge in [-0.15, -0.1) is 0 Å². The van der Waals surface area contributed by atoms with Crippen LogP contribution >= 0.6 is 0 Å². The van der Waals surface area contributed by atoms with Crippen molar-refractivity contribution >= 4 is 5.91 Å². The molecule has 4 rings (SSSR count). The maximum absolute atomic E-state index is 12.6. The van der Waals surface area contributed by atoms with Crippen LogP contribution in [-0.2, 0) is 7.05 Å². The van der Waals surface area contributed by atoms with Gasteiger partial charge in [0.2, 0.25) is 0 Å². The Morgan fingerprint density at radius 2 is 1.88 bits per heavy atom. The van der Waals surface area contributed by atoms with Crippen LogP contribution in [0, 0.1) is 5.92 Å². The lowest BCUT2D eigenvalue weighted by Gasteiger charge is -2.34. The largest absolute Gasteiger partial charge is 0.337 e. The molecule has 6 nitrogen and oxygen atoms in total. The Bertz CT molecular complexity index is 720. The van der Waals surface area contributed by atoms with Gasteiger partial charge in [-0.25, -0.2) is 0 Å². The van der Waals surface area contributed by atoms with Crippen molar-refractivity contribution in [1.29, 1.82) is 0 Å². The molecule has 0 saturated carbocycles. The number of piperidine rings is 1. The molecular weight excluding hydrogens is 314 g/mol. The van der Waals surface area contributed by atoms with Crippen molar-refractivity contribution in [3.63, 3.8) is 0 Å². The van der Waals surface area contributed by atoms with E-state index in [1.165, 1.54) is 5.56 Å². The lowest BCUT2D eigenvalue weighted by Crippen LogP contribution is -2.45. The Morgan fingerprint density at radius 3 is 2.56 bits per heavy atom. The number of hydrazine groups is 1. The minimum absolute atomic E-state index is 0.0955. The van der Waals surface area contributed by atoms with Crippen LogP contribution in [0.3, 0.4) is 0 Å². The average Bonchev–Trinajstić information content (AvgIpc) is 3.31. The van der Waals surface area contributed by atoms with Crippen molar-refractivity contribution in [3.05, 3.63) is 53.9 Å². The number of benzene rings is 1. The van der Waals surface area contributed by atoms with Gasteiger partial charge in [0.15, 0.2) is 0 Å². The molecule has 2 unspecified atom stereocenters. The van der Waals surface area contributed by atoms with Crippen LogP contribution in [0.2, 0.25) is 0 Å². The quantitative estimate of drug-likeness (QED) is 0.896. The molecule has 0 radical (unpaired) electrons. The summed E-state index contributed by atoms with van der Waals surface area (Å²) in [5.41, 5.74) is 8.93. The normalized spacial score (nSPS) is 24.6. The zero-order valence-electron chi connectivity index (χ0n) is 14.6. The van der Waals surface area contributed by atoms with Gasteiger partial charge < -0.3 is 4.90 Å². The van der Waals surface area contributed by atoms with Crippen LogP contribution in [0.4, 0.5) is 0 Å². The second kappa shape index (κ2) is 6.98. The summed E-state index contributed by atoms with van der Waals surface area (Å²) in [6.07, 6.45) is 4.87. The first-order chi connectivity index (χ1) is 12.2. The summed E-state index contributed by atoms with van der Waals surface area (Å²) in [4.78, 5) is 14.5. The first kappa shape index (κ1) is 16.3. The van der Waals surface area contributed by atoms with Crippen molar-refractivity contribution < 1.29 is 4.79 Å². The topological polar surface area (TPSA) is 62.2 Å². The van der Waals surface area contributed by atoms with Crippen molar-refractivity contribution in [2.75, 3.05) is 13.1 Å². The van der Waals surface area contributed by atoms with Crippen molar-refractivity contribution in [1.82, 2.24) is 25.5 Å². The number of rotatable bonds is 3. The summed E-state index contributed by atoms with van der Waals surface area (Å²) < 4.78 is 1.65. The standard InChI is InChI=1S/C19H25N5O/c1-23-18(7-10-20-23)19(25)24-11-8-15(9-12-24)17-13-16(21-22-17)14-5-3-2-4-6-14/h2-7,10,15-17,21-22H,8-9,11-13H2,1H3. The Morgan fingerprint density at radius 1 is 1.12 bits per heavy atom. The summed E-state index contributed by atoms with van der Waals surface area (Å²) in [6.45, 7) is 1.64. The molecule has 1 aromatic carbocycles. The second-order valence-electron chi connectivity index (χ2n) is 7.06. The molecule has 1 aromatic heterocycles. The highest BCUT2D eigenvalue weighted by atomic mass is 16.2. The fourth-order valence-electron chi connectivity index (χ4n) is 4.05. The van der Waals surface area contributed by atoms with Gasteiger partial charge >= 0.3 is 0 Å². The Labute approximate surface area is 148 Å². The van der Waals surface area contributed by atoms with E-state index in [1.807, 2.05) is 11.9 Å². The summed E-state index contributed by atoms with van der Waals surface area (Å²) in [5, 5.41) is 4.10. The molecule has 2 aromatic rings. The molecule has 0 aliphatic carbocycles. The van der Waals surface area contributed by atoms with E-state index >= 15 is 0 Å². The molecule has 0 spiro atoms. The van der Waals surface area contributed by atoms with E-state index < -0.39 is 0 Å². The zero-order valence-corrected chi connectivity index (χ0v) is 14.6. The number of aryl methyl sites for hydroxylation is 1. The maximum atomic E-state index is 12.6. The van der Waals surface area contributed by atoms with E-state index in [4.69, 9.17) is 0 Å². The van der Waals surface area contributed by atoms with E-state index in [9.17, 15) is 4.79 Å². The first-order valence-electron chi connectivity index (χ1n) is 9.05. The number of hydrogen-bond donors (Lipinski definition) is 2. The number of amides is 1. The highest BCUT2D eigenvalue weighted by Gasteiger charge is 2.34. The molecule has 132 valence electrons. The molecular formula is C19H25N5O. The van der Waals surface area contributed by atoms with Crippen LogP contribution in [-0.4, -0.2) is 39.7 Å². The highest BCUT2D eigenvalue weighted by molar-refractivity contribution is 5.92. The Kier molecular flexibility index (Phi) is 4.55. The van der Waals surface area contributed by atoms with E-state index in [2.05, 4.69) is 46.3 Å². The molecule has 25 heavy (non-hydrogen) atoms. The molecule has 2 aliphatic rings. The monoisotopic (exact) mass is 339 g/mol. The lowest BCUT2D eigenvalue weighted by molar-refractivity contribution is 0.0662. The predicted molar refractivity (Wildman–Crippen MR) is 95.7 cm³/mol. The summed E-state index contributed by atoms with van der Waals surface area (Å²) in [6, 6.07) is 13.2. The number of nitrogens with zero attached hydrogens (tertiary/aromatic N) is 3. The average molecular weight is 339 g/mol. The lowest BCUT2D eigenvalue weighted by atomic mass is 9.86. The van der Waals surface area contributed by atoms with Crippen LogP contribution < -0.4 is 10.9 Å². The zero-order chi connectivity index (χ0) is 17.2. The molecule has 3 heterocycles. The number of aromatic nitrogens is 2. The van der Waals surface area contributed by atoms with Crippen LogP contribution in [0.5, 0.6) is 0 Å². The Hall–Kier alpha value is -2.18. The van der Waals surface area contributed by atoms with Gasteiger partial charge in [-0.1, -0.05) is 30.3 Å². The summed E-state index contributed by atoms with van der Waals surface area (Å²) in [5.74, 6) is 0.704. The third-order valence-electron chi connectivity index (χ3n) is 5.57. The van der Waals surface area contributed by atoms with Gasteiger partial charge in [0.1, 0.15) is 5.69 Å². The molecule has 2 N–H and O–H groups in total. The van der Waals surface area contributed by atoms with Gasteiger partial charge in [-0.3, -0.25) is 20.3 Å². The second-order valence-corrected chi connectivity index (χ2v) is 7.06. The van der Waals surface area contributed by atoms with Crippen molar-refractivity contribution in [2.24, 2.45) is 13.0 Å². The SMILES string of the molecule is Cn1nccc1C(=O)N1CCC(C2CC(c3ccccc3)NN2)CC1. The van der Waals surface area contributed by atoms with E-state index in [1.54, 1.807) is 16.9 Å². The van der Waals surface area contributed by atoms with Crippen LogP contribution in [0.1, 0.15) is 41.4 Å². The fraction of sp³-hybridized carbons (Fsp3) is 0.474.